The third-order valence-corrected chi connectivity index (χ3v) is 5.86. The van der Waals surface area contributed by atoms with Gasteiger partial charge in [-0.05, 0) is 48.7 Å². The third-order valence-electron chi connectivity index (χ3n) is 5.63. The zero-order valence-electron chi connectivity index (χ0n) is 15.3. The lowest BCUT2D eigenvalue weighted by atomic mass is 9.74. The molecule has 0 amide bonds. The zero-order chi connectivity index (χ0) is 19.0. The molecule has 2 aromatic carbocycles. The van der Waals surface area contributed by atoms with Crippen LogP contribution in [0.15, 0.2) is 42.7 Å². The van der Waals surface area contributed by atoms with Gasteiger partial charge >= 0.3 is 0 Å². The van der Waals surface area contributed by atoms with Crippen molar-refractivity contribution in [3.63, 3.8) is 0 Å². The summed E-state index contributed by atoms with van der Waals surface area (Å²) in [7, 11) is 0. The van der Waals surface area contributed by atoms with Crippen molar-refractivity contribution in [3.8, 4) is 11.5 Å². The van der Waals surface area contributed by atoms with E-state index < -0.39 is 0 Å². The zero-order valence-corrected chi connectivity index (χ0v) is 16.0. The molecule has 0 radical (unpaired) electrons. The second-order valence-corrected chi connectivity index (χ2v) is 7.63. The number of rotatable bonds is 4. The number of halogens is 1. The van der Waals surface area contributed by atoms with Crippen LogP contribution < -0.4 is 14.8 Å². The van der Waals surface area contributed by atoms with Gasteiger partial charge in [0.05, 0.1) is 5.52 Å². The fourth-order valence-electron chi connectivity index (χ4n) is 3.98. The first kappa shape index (κ1) is 17.5. The van der Waals surface area contributed by atoms with Crippen LogP contribution >= 0.6 is 11.6 Å². The molecule has 3 aromatic rings. The second kappa shape index (κ2) is 7.11. The minimum Gasteiger partial charge on any atom is -0.454 e. The average Bonchev–Trinajstić information content (AvgIpc) is 3.20. The second-order valence-electron chi connectivity index (χ2n) is 7.20. The molecule has 0 aliphatic carbocycles. The van der Waals surface area contributed by atoms with Gasteiger partial charge in [-0.3, -0.25) is 0 Å². The molecule has 1 fully saturated rings. The summed E-state index contributed by atoms with van der Waals surface area (Å²) in [5.74, 6) is 2.43. The monoisotopic (exact) mass is 397 g/mol. The van der Waals surface area contributed by atoms with E-state index in [2.05, 4.69) is 27.4 Å². The first-order valence-corrected chi connectivity index (χ1v) is 9.73. The summed E-state index contributed by atoms with van der Waals surface area (Å²) in [5, 5.41) is 5.19. The van der Waals surface area contributed by atoms with E-state index in [4.69, 9.17) is 25.8 Å². The van der Waals surface area contributed by atoms with Crippen LogP contribution in [-0.2, 0) is 10.2 Å². The molecule has 0 bridgehead atoms. The molecule has 1 aromatic heterocycles. The molecule has 6 nitrogen and oxygen atoms in total. The molecule has 0 spiro atoms. The van der Waals surface area contributed by atoms with Gasteiger partial charge in [0, 0.05) is 35.6 Å². The van der Waals surface area contributed by atoms with Crippen molar-refractivity contribution in [1.82, 2.24) is 9.97 Å². The number of ether oxygens (including phenoxy) is 3. The van der Waals surface area contributed by atoms with Crippen molar-refractivity contribution in [2.45, 2.75) is 18.3 Å². The Morgan fingerprint density at radius 2 is 1.86 bits per heavy atom. The van der Waals surface area contributed by atoms with Gasteiger partial charge in [-0.1, -0.05) is 17.7 Å². The molecule has 28 heavy (non-hydrogen) atoms. The molecule has 0 saturated carbocycles. The highest BCUT2D eigenvalue weighted by Crippen LogP contribution is 2.41. The summed E-state index contributed by atoms with van der Waals surface area (Å²) >= 11 is 6.10. The average molecular weight is 398 g/mol. The number of hydrogen-bond donors (Lipinski definition) is 1. The SMILES string of the molecule is Clc1ccc2c(NCC3(c4ccc5c(c4)OCO5)CCOCC3)ncnc2c1. The van der Waals surface area contributed by atoms with E-state index in [1.165, 1.54) is 5.56 Å². The summed E-state index contributed by atoms with van der Waals surface area (Å²) in [6.07, 6.45) is 3.42. The maximum Gasteiger partial charge on any atom is 0.231 e. The number of hydrogen-bond acceptors (Lipinski definition) is 6. The molecular formula is C21H20ClN3O3. The van der Waals surface area contributed by atoms with Gasteiger partial charge in [-0.25, -0.2) is 9.97 Å². The van der Waals surface area contributed by atoms with Crippen molar-refractivity contribution < 1.29 is 14.2 Å². The number of aromatic nitrogens is 2. The lowest BCUT2D eigenvalue weighted by Crippen LogP contribution is -2.40. The van der Waals surface area contributed by atoms with Gasteiger partial charge in [0.2, 0.25) is 6.79 Å². The third kappa shape index (κ3) is 3.12. The van der Waals surface area contributed by atoms with Gasteiger partial charge in [0.15, 0.2) is 11.5 Å². The Morgan fingerprint density at radius 1 is 1.00 bits per heavy atom. The van der Waals surface area contributed by atoms with Crippen LogP contribution in [0, 0.1) is 0 Å². The molecule has 0 unspecified atom stereocenters. The van der Waals surface area contributed by atoms with Gasteiger partial charge < -0.3 is 19.5 Å². The molecule has 0 atom stereocenters. The molecule has 7 heteroatoms. The van der Waals surface area contributed by atoms with Crippen LogP contribution in [-0.4, -0.2) is 36.5 Å². The van der Waals surface area contributed by atoms with Crippen LogP contribution in [0.1, 0.15) is 18.4 Å². The lowest BCUT2D eigenvalue weighted by Gasteiger charge is -2.38. The van der Waals surface area contributed by atoms with Gasteiger partial charge in [-0.2, -0.15) is 0 Å². The number of fused-ring (bicyclic) bond motifs is 2. The Hall–Kier alpha value is -2.57. The summed E-state index contributed by atoms with van der Waals surface area (Å²) in [6.45, 7) is 2.49. The quantitative estimate of drug-likeness (QED) is 0.712. The largest absolute Gasteiger partial charge is 0.454 e. The topological polar surface area (TPSA) is 65.5 Å². The minimum absolute atomic E-state index is 0.0665. The van der Waals surface area contributed by atoms with Crippen LogP contribution in [0.25, 0.3) is 10.9 Å². The van der Waals surface area contributed by atoms with E-state index >= 15 is 0 Å². The van der Waals surface area contributed by atoms with E-state index in [1.807, 2.05) is 24.3 Å². The maximum atomic E-state index is 6.10. The summed E-state index contributed by atoms with van der Waals surface area (Å²) in [6, 6.07) is 11.9. The minimum atomic E-state index is -0.0665. The van der Waals surface area contributed by atoms with Crippen molar-refractivity contribution >= 4 is 28.3 Å². The smallest absolute Gasteiger partial charge is 0.231 e. The maximum absolute atomic E-state index is 6.10. The summed E-state index contributed by atoms with van der Waals surface area (Å²) < 4.78 is 16.7. The molecular weight excluding hydrogens is 378 g/mol. The highest BCUT2D eigenvalue weighted by Gasteiger charge is 2.35. The van der Waals surface area contributed by atoms with Crippen LogP contribution in [0.2, 0.25) is 5.02 Å². The van der Waals surface area contributed by atoms with Gasteiger partial charge in [0.25, 0.3) is 0 Å². The Bertz CT molecular complexity index is 1020. The van der Waals surface area contributed by atoms with Gasteiger partial charge in [0.1, 0.15) is 12.1 Å². The van der Waals surface area contributed by atoms with Gasteiger partial charge in [-0.15, -0.1) is 0 Å². The van der Waals surface area contributed by atoms with Crippen molar-refractivity contribution in [3.05, 3.63) is 53.3 Å². The van der Waals surface area contributed by atoms with Crippen LogP contribution in [0.5, 0.6) is 11.5 Å². The molecule has 1 N–H and O–H groups in total. The summed E-state index contributed by atoms with van der Waals surface area (Å²) in [5.41, 5.74) is 1.99. The van der Waals surface area contributed by atoms with E-state index in [1.54, 1.807) is 6.33 Å². The van der Waals surface area contributed by atoms with Crippen molar-refractivity contribution in [2.75, 3.05) is 31.9 Å². The first-order chi connectivity index (χ1) is 13.7. The standard InChI is InChI=1S/C21H20ClN3O3/c22-15-2-3-16-17(10-15)24-12-25-20(16)23-11-21(5-7-26-8-6-21)14-1-4-18-19(9-14)28-13-27-18/h1-4,9-10,12H,5-8,11,13H2,(H,23,24,25). The normalized spacial score (nSPS) is 17.6. The highest BCUT2D eigenvalue weighted by molar-refractivity contribution is 6.31. The van der Waals surface area contributed by atoms with Crippen LogP contribution in [0.4, 0.5) is 5.82 Å². The number of nitrogens with zero attached hydrogens (tertiary/aromatic N) is 2. The van der Waals surface area contributed by atoms with Crippen molar-refractivity contribution in [1.29, 1.82) is 0 Å². The molecule has 5 rings (SSSR count). The predicted octanol–water partition coefficient (Wildman–Crippen LogP) is 4.17. The van der Waals surface area contributed by atoms with Crippen LogP contribution in [0.3, 0.4) is 0 Å². The van der Waals surface area contributed by atoms with E-state index in [0.717, 1.165) is 60.8 Å². The van der Waals surface area contributed by atoms with E-state index in [9.17, 15) is 0 Å². The fourth-order valence-corrected chi connectivity index (χ4v) is 4.15. The Labute approximate surface area is 167 Å². The molecule has 3 heterocycles. The van der Waals surface area contributed by atoms with Crippen molar-refractivity contribution in [2.24, 2.45) is 0 Å². The fraction of sp³-hybridized carbons (Fsp3) is 0.333. The number of benzene rings is 2. The Kier molecular flexibility index (Phi) is 4.45. The predicted molar refractivity (Wildman–Crippen MR) is 107 cm³/mol. The molecule has 2 aliphatic rings. The van der Waals surface area contributed by atoms with E-state index in [-0.39, 0.29) is 12.2 Å². The molecule has 1 saturated heterocycles. The first-order valence-electron chi connectivity index (χ1n) is 9.36. The Morgan fingerprint density at radius 3 is 2.75 bits per heavy atom. The highest BCUT2D eigenvalue weighted by atomic mass is 35.5. The Balaban J connectivity index is 1.47. The van der Waals surface area contributed by atoms with E-state index in [0.29, 0.717) is 5.02 Å². The number of anilines is 1. The number of nitrogens with one attached hydrogen (secondary N) is 1. The summed E-state index contributed by atoms with van der Waals surface area (Å²) in [4.78, 5) is 8.79. The lowest BCUT2D eigenvalue weighted by molar-refractivity contribution is 0.0543. The molecule has 2 aliphatic heterocycles. The molecule has 144 valence electrons.